The fraction of sp³-hybridized carbons (Fsp3) is 0.533. The van der Waals surface area contributed by atoms with Gasteiger partial charge < -0.3 is 5.32 Å². The van der Waals surface area contributed by atoms with E-state index in [2.05, 4.69) is 32.2 Å². The van der Waals surface area contributed by atoms with E-state index in [0.717, 1.165) is 25.1 Å². The van der Waals surface area contributed by atoms with Crippen LogP contribution in [0.1, 0.15) is 38.7 Å². The van der Waals surface area contributed by atoms with Crippen molar-refractivity contribution in [2.24, 2.45) is 5.41 Å². The Kier molecular flexibility index (Phi) is 5.18. The summed E-state index contributed by atoms with van der Waals surface area (Å²) >= 11 is 0. The molecule has 1 unspecified atom stereocenters. The van der Waals surface area contributed by atoms with Crippen LogP contribution in [0.5, 0.6) is 0 Å². The minimum absolute atomic E-state index is 0.0520. The number of nitrogens with zero attached hydrogens (tertiary/aromatic N) is 1. The second-order valence-corrected chi connectivity index (χ2v) is 5.24. The highest BCUT2D eigenvalue weighted by Crippen LogP contribution is 2.19. The van der Waals surface area contributed by atoms with Crippen molar-refractivity contribution >= 4 is 0 Å². The lowest BCUT2D eigenvalue weighted by atomic mass is 9.90. The maximum Gasteiger partial charge on any atom is 0.0837 e. The molecule has 0 heterocycles. The fourth-order valence-electron chi connectivity index (χ4n) is 1.60. The Morgan fingerprint density at radius 3 is 2.47 bits per heavy atom. The molecule has 0 fully saturated rings. The topological polar surface area (TPSA) is 35.8 Å². The molecule has 0 saturated carbocycles. The Morgan fingerprint density at radius 1 is 1.29 bits per heavy atom. The molecular formula is C15H22N2. The summed E-state index contributed by atoms with van der Waals surface area (Å²) in [6.45, 7) is 8.35. The van der Waals surface area contributed by atoms with E-state index in [1.165, 1.54) is 0 Å². The van der Waals surface area contributed by atoms with Crippen LogP contribution in [0.4, 0.5) is 0 Å². The molecule has 0 amide bonds. The highest BCUT2D eigenvalue weighted by molar-refractivity contribution is 5.24. The van der Waals surface area contributed by atoms with Gasteiger partial charge in [-0.25, -0.2) is 0 Å². The first-order valence-electron chi connectivity index (χ1n) is 6.24. The molecular weight excluding hydrogens is 208 g/mol. The van der Waals surface area contributed by atoms with Crippen LogP contribution in [0.25, 0.3) is 0 Å². The van der Waals surface area contributed by atoms with Gasteiger partial charge in [0, 0.05) is 13.1 Å². The van der Waals surface area contributed by atoms with Crippen LogP contribution in [0.15, 0.2) is 30.3 Å². The first-order chi connectivity index (χ1) is 8.09. The van der Waals surface area contributed by atoms with Crippen molar-refractivity contribution in [2.45, 2.75) is 33.1 Å². The molecule has 0 radical (unpaired) electrons. The second-order valence-electron chi connectivity index (χ2n) is 5.24. The van der Waals surface area contributed by atoms with E-state index < -0.39 is 0 Å². The average molecular weight is 230 g/mol. The van der Waals surface area contributed by atoms with Gasteiger partial charge in [0.1, 0.15) is 0 Å². The highest BCUT2D eigenvalue weighted by atomic mass is 14.9. The van der Waals surface area contributed by atoms with E-state index in [4.69, 9.17) is 0 Å². The van der Waals surface area contributed by atoms with Gasteiger partial charge in [-0.3, -0.25) is 0 Å². The quantitative estimate of drug-likeness (QED) is 0.813. The SMILES string of the molecule is CCC(C)(C)CNCC(C#N)c1ccccc1. The van der Waals surface area contributed by atoms with E-state index in [-0.39, 0.29) is 5.92 Å². The molecule has 0 spiro atoms. The normalized spacial score (nSPS) is 13.1. The Balaban J connectivity index is 2.48. The van der Waals surface area contributed by atoms with Crippen LogP contribution in [0, 0.1) is 16.7 Å². The van der Waals surface area contributed by atoms with Crippen molar-refractivity contribution in [2.75, 3.05) is 13.1 Å². The van der Waals surface area contributed by atoms with Crippen LogP contribution in [0.2, 0.25) is 0 Å². The van der Waals surface area contributed by atoms with Gasteiger partial charge in [-0.2, -0.15) is 5.26 Å². The summed E-state index contributed by atoms with van der Waals surface area (Å²) in [6.07, 6.45) is 1.14. The van der Waals surface area contributed by atoms with Crippen LogP contribution in [0.3, 0.4) is 0 Å². The monoisotopic (exact) mass is 230 g/mol. The molecule has 17 heavy (non-hydrogen) atoms. The molecule has 0 aliphatic rings. The predicted octanol–water partition coefficient (Wildman–Crippen LogP) is 3.32. The summed E-state index contributed by atoms with van der Waals surface area (Å²) < 4.78 is 0. The van der Waals surface area contributed by atoms with Crippen molar-refractivity contribution in [3.8, 4) is 6.07 Å². The maximum atomic E-state index is 9.18. The molecule has 0 aliphatic heterocycles. The molecule has 2 nitrogen and oxygen atoms in total. The average Bonchev–Trinajstić information content (AvgIpc) is 2.36. The lowest BCUT2D eigenvalue weighted by molar-refractivity contribution is 0.328. The van der Waals surface area contributed by atoms with E-state index in [9.17, 15) is 5.26 Å². The van der Waals surface area contributed by atoms with Gasteiger partial charge in [0.25, 0.3) is 0 Å². The number of nitrogens with one attached hydrogen (secondary N) is 1. The summed E-state index contributed by atoms with van der Waals surface area (Å²) in [4.78, 5) is 0. The summed E-state index contributed by atoms with van der Waals surface area (Å²) in [5, 5.41) is 12.6. The smallest absolute Gasteiger partial charge is 0.0837 e. The van der Waals surface area contributed by atoms with E-state index >= 15 is 0 Å². The van der Waals surface area contributed by atoms with Gasteiger partial charge >= 0.3 is 0 Å². The first kappa shape index (κ1) is 13.7. The number of hydrogen-bond acceptors (Lipinski definition) is 2. The van der Waals surface area contributed by atoms with Gasteiger partial charge in [-0.05, 0) is 17.4 Å². The lowest BCUT2D eigenvalue weighted by Gasteiger charge is -2.23. The van der Waals surface area contributed by atoms with E-state index in [0.29, 0.717) is 5.41 Å². The molecule has 2 heteroatoms. The molecule has 0 aromatic heterocycles. The van der Waals surface area contributed by atoms with Gasteiger partial charge in [-0.1, -0.05) is 51.1 Å². The Labute approximate surface area is 105 Å². The standard InChI is InChI=1S/C15H22N2/c1-4-15(2,3)12-17-11-14(10-16)13-8-6-5-7-9-13/h5-9,14,17H,4,11-12H2,1-3H3. The minimum Gasteiger partial charge on any atom is -0.315 e. The van der Waals surface area contributed by atoms with Crippen molar-refractivity contribution < 1.29 is 0 Å². The zero-order chi connectivity index (χ0) is 12.7. The summed E-state index contributed by atoms with van der Waals surface area (Å²) in [6, 6.07) is 12.3. The van der Waals surface area contributed by atoms with Gasteiger partial charge in [-0.15, -0.1) is 0 Å². The Morgan fingerprint density at radius 2 is 1.94 bits per heavy atom. The fourth-order valence-corrected chi connectivity index (χ4v) is 1.60. The number of rotatable bonds is 6. The van der Waals surface area contributed by atoms with E-state index in [1.54, 1.807) is 0 Å². The van der Waals surface area contributed by atoms with Crippen molar-refractivity contribution in [1.29, 1.82) is 5.26 Å². The molecule has 92 valence electrons. The third-order valence-electron chi connectivity index (χ3n) is 3.27. The van der Waals surface area contributed by atoms with Gasteiger partial charge in [0.05, 0.1) is 12.0 Å². The van der Waals surface area contributed by atoms with Crippen LogP contribution < -0.4 is 5.32 Å². The lowest BCUT2D eigenvalue weighted by Crippen LogP contribution is -2.31. The molecule has 1 atom stereocenters. The van der Waals surface area contributed by atoms with Crippen LogP contribution in [-0.2, 0) is 0 Å². The molecule has 0 bridgehead atoms. The Hall–Kier alpha value is -1.33. The van der Waals surface area contributed by atoms with Crippen LogP contribution in [-0.4, -0.2) is 13.1 Å². The predicted molar refractivity (Wildman–Crippen MR) is 71.7 cm³/mol. The van der Waals surface area contributed by atoms with Gasteiger partial charge in [0.15, 0.2) is 0 Å². The molecule has 0 aliphatic carbocycles. The highest BCUT2D eigenvalue weighted by Gasteiger charge is 2.16. The molecule has 0 saturated heterocycles. The minimum atomic E-state index is -0.0520. The maximum absolute atomic E-state index is 9.18. The third-order valence-corrected chi connectivity index (χ3v) is 3.27. The first-order valence-corrected chi connectivity index (χ1v) is 6.24. The number of hydrogen-bond donors (Lipinski definition) is 1. The third kappa shape index (κ3) is 4.58. The van der Waals surface area contributed by atoms with Crippen molar-refractivity contribution in [3.05, 3.63) is 35.9 Å². The van der Waals surface area contributed by atoms with Crippen LogP contribution >= 0.6 is 0 Å². The Bertz CT molecular complexity index is 362. The zero-order valence-electron chi connectivity index (χ0n) is 11.0. The summed E-state index contributed by atoms with van der Waals surface area (Å²) in [5.41, 5.74) is 1.40. The zero-order valence-corrected chi connectivity index (χ0v) is 11.0. The molecule has 1 aromatic carbocycles. The molecule has 1 aromatic rings. The summed E-state index contributed by atoms with van der Waals surface area (Å²) in [5.74, 6) is -0.0520. The number of benzene rings is 1. The molecule has 1 rings (SSSR count). The van der Waals surface area contributed by atoms with Crippen molar-refractivity contribution in [1.82, 2.24) is 5.32 Å². The largest absolute Gasteiger partial charge is 0.315 e. The number of nitriles is 1. The van der Waals surface area contributed by atoms with Gasteiger partial charge in [0.2, 0.25) is 0 Å². The summed E-state index contributed by atoms with van der Waals surface area (Å²) in [7, 11) is 0. The molecule has 1 N–H and O–H groups in total. The second kappa shape index (κ2) is 6.42. The van der Waals surface area contributed by atoms with Crippen molar-refractivity contribution in [3.63, 3.8) is 0 Å². The van der Waals surface area contributed by atoms with E-state index in [1.807, 2.05) is 30.3 Å².